The molecule has 0 atom stereocenters. The second-order valence-corrected chi connectivity index (χ2v) is 8.42. The van der Waals surface area contributed by atoms with Gasteiger partial charge in [-0.05, 0) is 83.6 Å². The number of hydrogen-bond donors (Lipinski definition) is 1. The average molecular weight is 461 g/mol. The van der Waals surface area contributed by atoms with E-state index in [1.165, 1.54) is 0 Å². The maximum Gasteiger partial charge on any atom is 0.255 e. The van der Waals surface area contributed by atoms with E-state index in [2.05, 4.69) is 33.5 Å². The molecule has 0 aliphatic heterocycles. The number of aromatic nitrogens is 3. The summed E-state index contributed by atoms with van der Waals surface area (Å²) in [7, 11) is 0. The number of anilines is 1. The van der Waals surface area contributed by atoms with Crippen molar-refractivity contribution in [2.75, 3.05) is 5.32 Å². The summed E-state index contributed by atoms with van der Waals surface area (Å²) in [5.74, 6) is 0.871. The third kappa shape index (κ3) is 5.17. The van der Waals surface area contributed by atoms with Crippen molar-refractivity contribution >= 4 is 11.6 Å². The lowest BCUT2D eigenvalue weighted by atomic mass is 9.97. The molecule has 3 aromatic carbocycles. The molecule has 172 valence electrons. The molecule has 0 aliphatic carbocycles. The molecule has 0 bridgehead atoms. The molecule has 5 rings (SSSR count). The fraction of sp³-hybridized carbons (Fsp3) is 0.103. The molecule has 6 heteroatoms. The maximum atomic E-state index is 12.8. The summed E-state index contributed by atoms with van der Waals surface area (Å²) in [6.45, 7) is 3.82. The molecule has 6 nitrogen and oxygen atoms in total. The lowest BCUT2D eigenvalue weighted by Crippen LogP contribution is -2.11. The molecule has 1 N–H and O–H groups in total. The molecule has 5 aromatic rings. The van der Waals surface area contributed by atoms with E-state index in [4.69, 9.17) is 4.42 Å². The van der Waals surface area contributed by atoms with E-state index in [9.17, 15) is 4.79 Å². The minimum Gasteiger partial charge on any atom is -0.421 e. The summed E-state index contributed by atoms with van der Waals surface area (Å²) in [5, 5.41) is 11.0. The first kappa shape index (κ1) is 22.2. The highest BCUT2D eigenvalue weighted by molar-refractivity contribution is 6.04. The number of carbonyl (C=O) groups is 1. The number of amides is 1. The molecular formula is C29H24N4O2. The number of rotatable bonds is 6. The molecule has 35 heavy (non-hydrogen) atoms. The SMILES string of the molecule is Cc1nnc(-c2ccc(C)c(-c3ccc(C(=O)Nc4ccc(Cc5cccnc5)cc4)cc3)c2)o1. The topological polar surface area (TPSA) is 80.9 Å². The summed E-state index contributed by atoms with van der Waals surface area (Å²) in [6, 6.07) is 25.5. The second-order valence-electron chi connectivity index (χ2n) is 8.42. The first-order valence-electron chi connectivity index (χ1n) is 11.4. The fourth-order valence-corrected chi connectivity index (χ4v) is 3.93. The van der Waals surface area contributed by atoms with Gasteiger partial charge in [-0.15, -0.1) is 10.2 Å². The highest BCUT2D eigenvalue weighted by Gasteiger charge is 2.11. The molecule has 0 spiro atoms. The summed E-state index contributed by atoms with van der Waals surface area (Å²) in [5.41, 5.74) is 7.70. The van der Waals surface area contributed by atoms with Gasteiger partial charge in [0, 0.05) is 36.1 Å². The normalized spacial score (nSPS) is 10.8. The number of nitrogens with one attached hydrogen (secondary N) is 1. The van der Waals surface area contributed by atoms with Crippen LogP contribution in [0.3, 0.4) is 0 Å². The molecule has 0 fully saturated rings. The molecule has 0 saturated heterocycles. The van der Waals surface area contributed by atoms with Crippen LogP contribution in [-0.2, 0) is 6.42 Å². The Morgan fingerprint density at radius 3 is 2.31 bits per heavy atom. The van der Waals surface area contributed by atoms with Crippen LogP contribution >= 0.6 is 0 Å². The number of carbonyl (C=O) groups excluding carboxylic acids is 1. The maximum absolute atomic E-state index is 12.8. The van der Waals surface area contributed by atoms with E-state index in [0.29, 0.717) is 17.3 Å². The van der Waals surface area contributed by atoms with Gasteiger partial charge in [-0.3, -0.25) is 9.78 Å². The number of pyridine rings is 1. The molecule has 0 radical (unpaired) electrons. The standard InChI is InChI=1S/C29H24N4O2/c1-19-5-8-25(29-33-32-20(2)35-29)17-27(19)23-9-11-24(12-10-23)28(34)31-26-13-6-21(7-14-26)16-22-4-3-15-30-18-22/h3-15,17-18H,16H2,1-2H3,(H,31,34). The third-order valence-electron chi connectivity index (χ3n) is 5.81. The van der Waals surface area contributed by atoms with Crippen LogP contribution in [0.4, 0.5) is 5.69 Å². The molecule has 2 heterocycles. The Balaban J connectivity index is 1.28. The van der Waals surface area contributed by atoms with Crippen molar-refractivity contribution in [3.63, 3.8) is 0 Å². The third-order valence-corrected chi connectivity index (χ3v) is 5.81. The Labute approximate surface area is 203 Å². The van der Waals surface area contributed by atoms with Crippen molar-refractivity contribution in [3.05, 3.63) is 119 Å². The number of hydrogen-bond acceptors (Lipinski definition) is 5. The van der Waals surface area contributed by atoms with Crippen molar-refractivity contribution in [2.24, 2.45) is 0 Å². The number of benzene rings is 3. The quantitative estimate of drug-likeness (QED) is 0.323. The lowest BCUT2D eigenvalue weighted by molar-refractivity contribution is 0.102. The molecule has 0 aliphatic rings. The van der Waals surface area contributed by atoms with Gasteiger partial charge in [0.2, 0.25) is 11.8 Å². The van der Waals surface area contributed by atoms with Gasteiger partial charge in [0.15, 0.2) is 0 Å². The first-order valence-corrected chi connectivity index (χ1v) is 11.4. The van der Waals surface area contributed by atoms with E-state index in [0.717, 1.165) is 45.5 Å². The van der Waals surface area contributed by atoms with Crippen LogP contribution in [0.2, 0.25) is 0 Å². The van der Waals surface area contributed by atoms with Crippen LogP contribution in [0, 0.1) is 13.8 Å². The first-order chi connectivity index (χ1) is 17.0. The van der Waals surface area contributed by atoms with E-state index in [-0.39, 0.29) is 5.91 Å². The Kier molecular flexibility index (Phi) is 6.18. The molecule has 0 saturated carbocycles. The van der Waals surface area contributed by atoms with Gasteiger partial charge in [-0.25, -0.2) is 0 Å². The minimum atomic E-state index is -0.150. The lowest BCUT2D eigenvalue weighted by Gasteiger charge is -2.10. The van der Waals surface area contributed by atoms with Crippen LogP contribution in [0.1, 0.15) is 32.9 Å². The van der Waals surface area contributed by atoms with Crippen molar-refractivity contribution in [1.82, 2.24) is 15.2 Å². The predicted molar refractivity (Wildman–Crippen MR) is 136 cm³/mol. The minimum absolute atomic E-state index is 0.150. The monoisotopic (exact) mass is 460 g/mol. The molecule has 0 unspecified atom stereocenters. The smallest absolute Gasteiger partial charge is 0.255 e. The zero-order chi connectivity index (χ0) is 24.2. The van der Waals surface area contributed by atoms with Crippen molar-refractivity contribution in [1.29, 1.82) is 0 Å². The molecular weight excluding hydrogens is 436 g/mol. The van der Waals surface area contributed by atoms with E-state index < -0.39 is 0 Å². The second kappa shape index (κ2) is 9.73. The summed E-state index contributed by atoms with van der Waals surface area (Å²) in [4.78, 5) is 17.0. The van der Waals surface area contributed by atoms with Gasteiger partial charge >= 0.3 is 0 Å². The number of aryl methyl sites for hydroxylation is 2. The Bertz CT molecular complexity index is 1460. The summed E-state index contributed by atoms with van der Waals surface area (Å²) in [6.07, 6.45) is 4.43. The molecule has 2 aromatic heterocycles. The van der Waals surface area contributed by atoms with Gasteiger partial charge in [0.25, 0.3) is 5.91 Å². The highest BCUT2D eigenvalue weighted by atomic mass is 16.4. The van der Waals surface area contributed by atoms with E-state index in [1.807, 2.05) is 79.0 Å². The summed E-state index contributed by atoms with van der Waals surface area (Å²) < 4.78 is 5.57. The zero-order valence-electron chi connectivity index (χ0n) is 19.5. The van der Waals surface area contributed by atoms with Gasteiger partial charge < -0.3 is 9.73 Å². The van der Waals surface area contributed by atoms with Gasteiger partial charge in [0.1, 0.15) is 0 Å². The van der Waals surface area contributed by atoms with Crippen LogP contribution in [-0.4, -0.2) is 21.1 Å². The molecule has 1 amide bonds. The van der Waals surface area contributed by atoms with E-state index >= 15 is 0 Å². The predicted octanol–water partition coefficient (Wildman–Crippen LogP) is 6.26. The zero-order valence-corrected chi connectivity index (χ0v) is 19.5. The fourth-order valence-electron chi connectivity index (χ4n) is 3.93. The Morgan fingerprint density at radius 1 is 0.857 bits per heavy atom. The van der Waals surface area contributed by atoms with Gasteiger partial charge in [0.05, 0.1) is 0 Å². The van der Waals surface area contributed by atoms with E-state index in [1.54, 1.807) is 13.1 Å². The van der Waals surface area contributed by atoms with Crippen molar-refractivity contribution in [3.8, 4) is 22.6 Å². The highest BCUT2D eigenvalue weighted by Crippen LogP contribution is 2.29. The van der Waals surface area contributed by atoms with Crippen LogP contribution in [0.25, 0.3) is 22.6 Å². The van der Waals surface area contributed by atoms with Gasteiger partial charge in [-0.1, -0.05) is 36.4 Å². The van der Waals surface area contributed by atoms with Crippen LogP contribution in [0.5, 0.6) is 0 Å². The largest absolute Gasteiger partial charge is 0.421 e. The van der Waals surface area contributed by atoms with Gasteiger partial charge in [-0.2, -0.15) is 0 Å². The van der Waals surface area contributed by atoms with Crippen LogP contribution < -0.4 is 5.32 Å². The Hall–Kier alpha value is -4.58. The Morgan fingerprint density at radius 2 is 1.63 bits per heavy atom. The average Bonchev–Trinajstić information content (AvgIpc) is 3.32. The van der Waals surface area contributed by atoms with Crippen molar-refractivity contribution in [2.45, 2.75) is 20.3 Å². The van der Waals surface area contributed by atoms with Crippen molar-refractivity contribution < 1.29 is 9.21 Å². The summed E-state index contributed by atoms with van der Waals surface area (Å²) >= 11 is 0. The number of nitrogens with zero attached hydrogens (tertiary/aromatic N) is 3. The van der Waals surface area contributed by atoms with Crippen LogP contribution in [0.15, 0.2) is 95.7 Å².